The Labute approximate surface area is 188 Å². The topological polar surface area (TPSA) is 78.9 Å². The monoisotopic (exact) mass is 443 g/mol. The van der Waals surface area contributed by atoms with Gasteiger partial charge in [0.05, 0.1) is 5.69 Å². The molecule has 0 aliphatic rings. The Morgan fingerprint density at radius 3 is 2.65 bits per heavy atom. The Morgan fingerprint density at radius 2 is 1.90 bits per heavy atom. The van der Waals surface area contributed by atoms with Gasteiger partial charge in [0.15, 0.2) is 10.2 Å². The number of aromatic nitrogens is 1. The lowest BCUT2D eigenvalue weighted by molar-refractivity contribution is -0.112. The van der Waals surface area contributed by atoms with E-state index in [2.05, 4.69) is 10.3 Å². The summed E-state index contributed by atoms with van der Waals surface area (Å²) in [6, 6.07) is 23.3. The molecule has 0 saturated carbocycles. The summed E-state index contributed by atoms with van der Waals surface area (Å²) in [7, 11) is 0. The quantitative estimate of drug-likeness (QED) is 0.275. The van der Waals surface area contributed by atoms with Crippen molar-refractivity contribution in [1.82, 2.24) is 4.98 Å². The van der Waals surface area contributed by atoms with Crippen LogP contribution >= 0.6 is 23.1 Å². The molecule has 0 fully saturated rings. The smallest absolute Gasteiger partial charge is 0.268 e. The van der Waals surface area contributed by atoms with Crippen LogP contribution in [0.25, 0.3) is 17.3 Å². The van der Waals surface area contributed by atoms with Gasteiger partial charge in [-0.25, -0.2) is 4.98 Å². The fraction of sp³-hybridized carbons (Fsp3) is 0.0417. The third-order valence-corrected chi connectivity index (χ3v) is 5.97. The van der Waals surface area contributed by atoms with E-state index in [-0.39, 0.29) is 5.57 Å². The first-order valence-corrected chi connectivity index (χ1v) is 11.1. The largest absolute Gasteiger partial charge is 0.450 e. The molecule has 7 heteroatoms. The SMILES string of the molecule is Cc1ccc(Sc2ccc(/C=C(/C#N)C(=O)Nc3nc(-c4ccccc4)cs3)o2)cc1. The van der Waals surface area contributed by atoms with E-state index in [4.69, 9.17) is 4.42 Å². The first-order chi connectivity index (χ1) is 15.1. The van der Waals surface area contributed by atoms with Crippen molar-refractivity contribution in [3.05, 3.63) is 89.0 Å². The van der Waals surface area contributed by atoms with E-state index in [0.29, 0.717) is 16.0 Å². The van der Waals surface area contributed by atoms with Crippen molar-refractivity contribution in [2.45, 2.75) is 16.9 Å². The fourth-order valence-corrected chi connectivity index (χ4v) is 4.21. The van der Waals surface area contributed by atoms with Gasteiger partial charge < -0.3 is 4.42 Å². The Balaban J connectivity index is 1.44. The second-order valence-corrected chi connectivity index (χ2v) is 8.54. The predicted molar refractivity (Wildman–Crippen MR) is 124 cm³/mol. The molecule has 152 valence electrons. The molecule has 0 aliphatic carbocycles. The van der Waals surface area contributed by atoms with Crippen LogP contribution in [0.1, 0.15) is 11.3 Å². The van der Waals surface area contributed by atoms with Crippen molar-refractivity contribution in [1.29, 1.82) is 5.26 Å². The molecule has 4 aromatic rings. The summed E-state index contributed by atoms with van der Waals surface area (Å²) in [5.74, 6) is -0.0916. The maximum absolute atomic E-state index is 12.5. The van der Waals surface area contributed by atoms with Gasteiger partial charge in [-0.15, -0.1) is 11.3 Å². The van der Waals surface area contributed by atoms with Crippen LogP contribution in [-0.4, -0.2) is 10.9 Å². The van der Waals surface area contributed by atoms with Gasteiger partial charge in [-0.1, -0.05) is 59.8 Å². The first kappa shape index (κ1) is 20.7. The van der Waals surface area contributed by atoms with Gasteiger partial charge in [0, 0.05) is 21.9 Å². The number of hydrogen-bond donors (Lipinski definition) is 1. The molecular formula is C24H17N3O2S2. The second-order valence-electron chi connectivity index (χ2n) is 6.60. The average Bonchev–Trinajstić information content (AvgIpc) is 3.44. The van der Waals surface area contributed by atoms with Gasteiger partial charge in [-0.3, -0.25) is 10.1 Å². The highest BCUT2D eigenvalue weighted by molar-refractivity contribution is 7.99. The van der Waals surface area contributed by atoms with E-state index >= 15 is 0 Å². The van der Waals surface area contributed by atoms with Crippen molar-refractivity contribution in [3.63, 3.8) is 0 Å². The zero-order valence-corrected chi connectivity index (χ0v) is 18.2. The summed E-state index contributed by atoms with van der Waals surface area (Å²) in [5, 5.41) is 15.1. The van der Waals surface area contributed by atoms with E-state index in [9.17, 15) is 10.1 Å². The number of anilines is 1. The molecule has 0 bridgehead atoms. The third kappa shape index (κ3) is 5.31. The van der Waals surface area contributed by atoms with Gasteiger partial charge in [0.1, 0.15) is 17.4 Å². The number of benzene rings is 2. The van der Waals surface area contributed by atoms with Crippen LogP contribution < -0.4 is 5.32 Å². The number of hydrogen-bond acceptors (Lipinski definition) is 6. The van der Waals surface area contributed by atoms with E-state index in [1.807, 2.05) is 79.0 Å². The highest BCUT2D eigenvalue weighted by atomic mass is 32.2. The molecule has 2 aromatic heterocycles. The molecule has 5 nitrogen and oxygen atoms in total. The van der Waals surface area contributed by atoms with Gasteiger partial charge >= 0.3 is 0 Å². The molecular weight excluding hydrogens is 426 g/mol. The van der Waals surface area contributed by atoms with Crippen LogP contribution in [0.2, 0.25) is 0 Å². The number of rotatable bonds is 6. The maximum Gasteiger partial charge on any atom is 0.268 e. The molecule has 2 aromatic carbocycles. The Hall–Kier alpha value is -3.60. The second kappa shape index (κ2) is 9.47. The minimum atomic E-state index is -0.527. The summed E-state index contributed by atoms with van der Waals surface area (Å²) in [6.45, 7) is 2.03. The number of carbonyl (C=O) groups is 1. The first-order valence-electron chi connectivity index (χ1n) is 9.39. The number of amides is 1. The van der Waals surface area contributed by atoms with Crippen LogP contribution in [0.4, 0.5) is 5.13 Å². The van der Waals surface area contributed by atoms with Crippen molar-refractivity contribution in [2.24, 2.45) is 0 Å². The molecule has 31 heavy (non-hydrogen) atoms. The van der Waals surface area contributed by atoms with Gasteiger partial charge in [-0.05, 0) is 31.2 Å². The predicted octanol–water partition coefficient (Wildman–Crippen LogP) is 6.41. The summed E-state index contributed by atoms with van der Waals surface area (Å²) in [4.78, 5) is 18.0. The molecule has 2 heterocycles. The summed E-state index contributed by atoms with van der Waals surface area (Å²) < 4.78 is 5.75. The van der Waals surface area contributed by atoms with E-state index in [0.717, 1.165) is 16.2 Å². The minimum Gasteiger partial charge on any atom is -0.450 e. The number of furan rings is 1. The zero-order chi connectivity index (χ0) is 21.6. The summed E-state index contributed by atoms with van der Waals surface area (Å²) >= 11 is 2.78. The van der Waals surface area contributed by atoms with Crippen LogP contribution in [0.3, 0.4) is 0 Å². The number of carbonyl (C=O) groups excluding carboxylic acids is 1. The maximum atomic E-state index is 12.5. The van der Waals surface area contributed by atoms with E-state index in [1.165, 1.54) is 34.7 Å². The van der Waals surface area contributed by atoms with Gasteiger partial charge in [0.2, 0.25) is 0 Å². The lowest BCUT2D eigenvalue weighted by atomic mass is 10.2. The van der Waals surface area contributed by atoms with Crippen molar-refractivity contribution < 1.29 is 9.21 Å². The Kier molecular flexibility index (Phi) is 6.32. The average molecular weight is 444 g/mol. The van der Waals surface area contributed by atoms with E-state index < -0.39 is 5.91 Å². The zero-order valence-electron chi connectivity index (χ0n) is 16.5. The van der Waals surface area contributed by atoms with E-state index in [1.54, 1.807) is 6.07 Å². The van der Waals surface area contributed by atoms with Crippen LogP contribution in [-0.2, 0) is 4.79 Å². The molecule has 0 saturated heterocycles. The Morgan fingerprint density at radius 1 is 1.13 bits per heavy atom. The normalized spacial score (nSPS) is 11.2. The third-order valence-electron chi connectivity index (χ3n) is 4.29. The lowest BCUT2D eigenvalue weighted by Crippen LogP contribution is -2.13. The summed E-state index contributed by atoms with van der Waals surface area (Å²) in [6.07, 6.45) is 1.43. The molecule has 0 spiro atoms. The highest BCUT2D eigenvalue weighted by Crippen LogP contribution is 2.30. The molecule has 1 N–H and O–H groups in total. The van der Waals surface area contributed by atoms with Crippen molar-refractivity contribution >= 4 is 40.2 Å². The van der Waals surface area contributed by atoms with Crippen LogP contribution in [0, 0.1) is 18.3 Å². The minimum absolute atomic E-state index is 0.0577. The van der Waals surface area contributed by atoms with Crippen LogP contribution in [0.15, 0.2) is 92.1 Å². The number of nitriles is 1. The number of thiazole rings is 1. The van der Waals surface area contributed by atoms with Gasteiger partial charge in [-0.2, -0.15) is 5.26 Å². The van der Waals surface area contributed by atoms with Crippen molar-refractivity contribution in [3.8, 4) is 17.3 Å². The molecule has 1 amide bonds. The van der Waals surface area contributed by atoms with Gasteiger partial charge in [0.25, 0.3) is 5.91 Å². The standard InChI is InChI=1S/C24H17N3O2S2/c1-16-7-10-20(11-8-16)31-22-12-9-19(29-22)13-18(14-25)23(28)27-24-26-21(15-30-24)17-5-3-2-4-6-17/h2-13,15H,1H3,(H,26,27,28)/b18-13-. The summed E-state index contributed by atoms with van der Waals surface area (Å²) in [5.41, 5.74) is 2.86. The molecule has 0 radical (unpaired) electrons. The number of nitrogens with zero attached hydrogens (tertiary/aromatic N) is 2. The number of aryl methyl sites for hydroxylation is 1. The fourth-order valence-electron chi connectivity index (χ4n) is 2.72. The Bertz CT molecular complexity index is 1270. The molecule has 0 aliphatic heterocycles. The number of nitrogens with one attached hydrogen (secondary N) is 1. The van der Waals surface area contributed by atoms with Crippen molar-refractivity contribution in [2.75, 3.05) is 5.32 Å². The molecule has 4 rings (SSSR count). The lowest BCUT2D eigenvalue weighted by Gasteiger charge is -2.00. The highest BCUT2D eigenvalue weighted by Gasteiger charge is 2.14. The van der Waals surface area contributed by atoms with Crippen LogP contribution in [0.5, 0.6) is 0 Å². The molecule has 0 atom stereocenters. The molecule has 0 unspecified atom stereocenters.